The van der Waals surface area contributed by atoms with E-state index in [4.69, 9.17) is 14.2 Å². The minimum absolute atomic E-state index is 0.0736. The molecule has 0 radical (unpaired) electrons. The molecule has 3 heterocycles. The average molecular weight is 535 g/mol. The largest absolute Gasteiger partial charge is 0.497 e. The summed E-state index contributed by atoms with van der Waals surface area (Å²) in [7, 11) is -0.620. The van der Waals surface area contributed by atoms with Crippen LogP contribution in [0.5, 0.6) is 5.75 Å². The molecular weight excluding hydrogens is 496 g/mol. The van der Waals surface area contributed by atoms with Crippen LogP contribution in [0.25, 0.3) is 0 Å². The van der Waals surface area contributed by atoms with Crippen molar-refractivity contribution in [3.63, 3.8) is 0 Å². The summed E-state index contributed by atoms with van der Waals surface area (Å²) < 4.78 is 46.1. The molecule has 0 spiro atoms. The first-order chi connectivity index (χ1) is 17.7. The monoisotopic (exact) mass is 534 g/mol. The van der Waals surface area contributed by atoms with E-state index in [9.17, 15) is 13.2 Å². The van der Waals surface area contributed by atoms with E-state index in [0.29, 0.717) is 30.0 Å². The normalized spacial score (nSPS) is 16.7. The van der Waals surface area contributed by atoms with E-state index < -0.39 is 10.0 Å². The highest BCUT2D eigenvalue weighted by Crippen LogP contribution is 2.27. The molecule has 0 atom stereocenters. The van der Waals surface area contributed by atoms with Gasteiger partial charge in [-0.25, -0.2) is 8.42 Å². The van der Waals surface area contributed by atoms with Gasteiger partial charge in [0.2, 0.25) is 15.9 Å². The van der Waals surface area contributed by atoms with Crippen LogP contribution in [-0.4, -0.2) is 99.8 Å². The fourth-order valence-electron chi connectivity index (χ4n) is 4.97. The summed E-state index contributed by atoms with van der Waals surface area (Å²) in [6.07, 6.45) is 0. The van der Waals surface area contributed by atoms with Gasteiger partial charge < -0.3 is 23.7 Å². The van der Waals surface area contributed by atoms with Crippen LogP contribution in [0.2, 0.25) is 0 Å². The Morgan fingerprint density at radius 3 is 2.46 bits per heavy atom. The number of sulfonamides is 1. The number of likely N-dealkylation sites (N-methyl/N-ethyl adjacent to an activating group) is 1. The number of nitrogens with zero attached hydrogens (tertiary/aromatic N) is 4. The maximum Gasteiger partial charge on any atom is 0.248 e. The molecule has 204 valence electrons. The van der Waals surface area contributed by atoms with Crippen molar-refractivity contribution in [1.29, 1.82) is 0 Å². The fourth-order valence-corrected chi connectivity index (χ4v) is 6.53. The molecule has 10 nitrogen and oxygen atoms in total. The second-order valence-electron chi connectivity index (χ2n) is 9.64. The van der Waals surface area contributed by atoms with Crippen molar-refractivity contribution in [2.45, 2.75) is 38.4 Å². The molecule has 1 saturated heterocycles. The topological polar surface area (TPSA) is 93.5 Å². The molecule has 1 aromatic heterocycles. The Balaban J connectivity index is 1.25. The van der Waals surface area contributed by atoms with Crippen LogP contribution in [0, 0.1) is 13.8 Å². The van der Waals surface area contributed by atoms with Crippen molar-refractivity contribution in [2.75, 3.05) is 66.8 Å². The van der Waals surface area contributed by atoms with Gasteiger partial charge >= 0.3 is 0 Å². The summed E-state index contributed by atoms with van der Waals surface area (Å²) in [5, 5.41) is 0. The number of benzene rings is 1. The second-order valence-corrected chi connectivity index (χ2v) is 11.6. The van der Waals surface area contributed by atoms with E-state index in [-0.39, 0.29) is 30.6 Å². The smallest absolute Gasteiger partial charge is 0.248 e. The first-order valence-electron chi connectivity index (χ1n) is 12.6. The molecule has 1 fully saturated rings. The summed E-state index contributed by atoms with van der Waals surface area (Å²) in [4.78, 5) is 17.2. The lowest BCUT2D eigenvalue weighted by atomic mass is 10.1. The molecule has 1 aromatic carbocycles. The molecule has 0 saturated carbocycles. The Bertz CT molecular complexity index is 1180. The van der Waals surface area contributed by atoms with Crippen molar-refractivity contribution in [3.8, 4) is 5.75 Å². The SMILES string of the molecule is COc1cc(C)c(S(=O)(=O)N(C)CCOCC(=O)N2CCn3c(CN4CCOCC4)ccc3C2)c(C)c1. The number of hydrogen-bond acceptors (Lipinski definition) is 7. The quantitative estimate of drug-likeness (QED) is 0.428. The lowest BCUT2D eigenvalue weighted by Gasteiger charge is -2.31. The maximum atomic E-state index is 13.1. The number of aromatic nitrogens is 1. The lowest BCUT2D eigenvalue weighted by molar-refractivity contribution is -0.137. The second kappa shape index (κ2) is 12.0. The van der Waals surface area contributed by atoms with Gasteiger partial charge in [0.1, 0.15) is 12.4 Å². The number of rotatable bonds is 10. The molecule has 2 aliphatic rings. The van der Waals surface area contributed by atoms with Crippen LogP contribution < -0.4 is 4.74 Å². The number of ether oxygens (including phenoxy) is 3. The van der Waals surface area contributed by atoms with E-state index in [0.717, 1.165) is 45.1 Å². The molecule has 0 N–H and O–H groups in total. The highest BCUT2D eigenvalue weighted by molar-refractivity contribution is 7.89. The van der Waals surface area contributed by atoms with Crippen LogP contribution in [0.15, 0.2) is 29.2 Å². The van der Waals surface area contributed by atoms with E-state index in [1.54, 1.807) is 38.0 Å². The van der Waals surface area contributed by atoms with E-state index >= 15 is 0 Å². The van der Waals surface area contributed by atoms with Crippen LogP contribution in [0.3, 0.4) is 0 Å². The Kier molecular flexibility index (Phi) is 8.91. The van der Waals surface area contributed by atoms with E-state index in [2.05, 4.69) is 21.6 Å². The number of amides is 1. The van der Waals surface area contributed by atoms with Gasteiger partial charge in [-0.15, -0.1) is 0 Å². The zero-order valence-corrected chi connectivity index (χ0v) is 23.1. The number of morpholine rings is 1. The molecule has 1 amide bonds. The van der Waals surface area contributed by atoms with Crippen molar-refractivity contribution in [1.82, 2.24) is 18.7 Å². The van der Waals surface area contributed by atoms with Gasteiger partial charge in [-0.3, -0.25) is 9.69 Å². The highest BCUT2D eigenvalue weighted by atomic mass is 32.2. The molecule has 0 aliphatic carbocycles. The maximum absolute atomic E-state index is 13.1. The first kappa shape index (κ1) is 27.6. The minimum Gasteiger partial charge on any atom is -0.497 e. The predicted octanol–water partition coefficient (Wildman–Crippen LogP) is 1.63. The standard InChI is InChI=1S/C26H38N4O6S/c1-20-15-24(34-4)16-21(2)26(20)37(32,33)27(3)9-12-36-19-25(31)29-7-8-30-22(5-6-23(30)18-29)17-28-10-13-35-14-11-28/h5-6,15-16H,7-14,17-19H2,1-4H3. The number of fused-ring (bicyclic) bond motifs is 1. The molecule has 4 rings (SSSR count). The Morgan fingerprint density at radius 2 is 1.78 bits per heavy atom. The van der Waals surface area contributed by atoms with Crippen LogP contribution in [0.4, 0.5) is 0 Å². The van der Waals surface area contributed by atoms with Gasteiger partial charge in [0.05, 0.1) is 38.4 Å². The fraction of sp³-hybridized carbons (Fsp3) is 0.577. The van der Waals surface area contributed by atoms with Crippen LogP contribution in [-0.2, 0) is 43.9 Å². The van der Waals surface area contributed by atoms with Crippen LogP contribution in [0.1, 0.15) is 22.5 Å². The average Bonchev–Trinajstić information content (AvgIpc) is 3.28. The minimum atomic E-state index is -3.70. The van der Waals surface area contributed by atoms with Crippen molar-refractivity contribution in [3.05, 3.63) is 46.8 Å². The third-order valence-electron chi connectivity index (χ3n) is 7.06. The van der Waals surface area contributed by atoms with Gasteiger partial charge in [-0.1, -0.05) is 0 Å². The molecule has 0 bridgehead atoms. The van der Waals surface area contributed by atoms with Gasteiger partial charge in [-0.05, 0) is 49.2 Å². The summed E-state index contributed by atoms with van der Waals surface area (Å²) >= 11 is 0. The van der Waals surface area contributed by atoms with Gasteiger partial charge in [-0.2, -0.15) is 4.31 Å². The molecule has 0 unspecified atom stereocenters. The lowest BCUT2D eigenvalue weighted by Crippen LogP contribution is -2.41. The summed E-state index contributed by atoms with van der Waals surface area (Å²) in [5.74, 6) is 0.534. The van der Waals surface area contributed by atoms with E-state index in [1.165, 1.54) is 17.0 Å². The Labute approximate surface area is 219 Å². The van der Waals surface area contributed by atoms with Crippen LogP contribution >= 0.6 is 0 Å². The first-order valence-corrected chi connectivity index (χ1v) is 14.1. The third kappa shape index (κ3) is 6.35. The molecule has 11 heteroatoms. The third-order valence-corrected chi connectivity index (χ3v) is 9.23. The van der Waals surface area contributed by atoms with E-state index in [1.807, 2.05) is 0 Å². The Morgan fingerprint density at radius 1 is 1.08 bits per heavy atom. The molecular formula is C26H38N4O6S. The summed E-state index contributed by atoms with van der Waals surface area (Å²) in [6.45, 7) is 9.99. The summed E-state index contributed by atoms with van der Waals surface area (Å²) in [5.41, 5.74) is 3.65. The zero-order chi connectivity index (χ0) is 26.6. The number of aryl methyl sites for hydroxylation is 2. The summed E-state index contributed by atoms with van der Waals surface area (Å²) in [6, 6.07) is 7.67. The molecule has 2 aliphatic heterocycles. The Hall–Kier alpha value is -2.44. The number of carbonyl (C=O) groups is 1. The predicted molar refractivity (Wildman–Crippen MR) is 139 cm³/mol. The molecule has 37 heavy (non-hydrogen) atoms. The van der Waals surface area contributed by atoms with Gasteiger partial charge in [0.25, 0.3) is 0 Å². The van der Waals surface area contributed by atoms with Gasteiger partial charge in [0.15, 0.2) is 0 Å². The highest BCUT2D eigenvalue weighted by Gasteiger charge is 2.26. The molecule has 2 aromatic rings. The zero-order valence-electron chi connectivity index (χ0n) is 22.2. The van der Waals surface area contributed by atoms with Gasteiger partial charge in [0, 0.05) is 57.7 Å². The number of carbonyl (C=O) groups excluding carboxylic acids is 1. The number of methoxy groups -OCH3 is 1. The van der Waals surface area contributed by atoms with Crippen molar-refractivity contribution < 1.29 is 27.4 Å². The number of hydrogen-bond donors (Lipinski definition) is 0. The van der Waals surface area contributed by atoms with Crippen molar-refractivity contribution in [2.24, 2.45) is 0 Å². The van der Waals surface area contributed by atoms with Crippen molar-refractivity contribution >= 4 is 15.9 Å².